The molecule has 0 spiro atoms. The molecule has 1 aliphatic heterocycles. The van der Waals surface area contributed by atoms with Gasteiger partial charge in [0.05, 0.1) is 13.1 Å². The minimum Gasteiger partial charge on any atom is -0.481 e. The maximum Gasteiger partial charge on any atom is 0.373 e. The largest absolute Gasteiger partial charge is 0.481 e. The van der Waals surface area contributed by atoms with Crippen molar-refractivity contribution >= 4 is 70.8 Å². The summed E-state index contributed by atoms with van der Waals surface area (Å²) in [4.78, 5) is 121. The summed E-state index contributed by atoms with van der Waals surface area (Å²) in [5.74, 6) is -7.17. The van der Waals surface area contributed by atoms with E-state index in [-0.39, 0.29) is 114 Å². The van der Waals surface area contributed by atoms with Crippen LogP contribution in [0.3, 0.4) is 0 Å². The molecular weight excluding hydrogens is 1130 g/mol. The molecule has 8 N–H and O–H groups in total. The van der Waals surface area contributed by atoms with Crippen molar-refractivity contribution in [3.8, 4) is 0 Å². The normalized spacial score (nSPS) is 15.7. The maximum atomic E-state index is 13.0. The number of thiocarbonyl (C=S) groups is 1. The van der Waals surface area contributed by atoms with Crippen LogP contribution in [-0.2, 0) is 56.0 Å². The average Bonchev–Trinajstić information content (AvgIpc) is 3.31. The molecule has 0 aliphatic carbocycles. The Morgan fingerprint density at radius 3 is 1.78 bits per heavy atom. The molecule has 0 saturated carbocycles. The zero-order chi connectivity index (χ0) is 53.8. The van der Waals surface area contributed by atoms with Gasteiger partial charge in [0.1, 0.15) is 11.8 Å². The molecule has 22 nitrogen and oxygen atoms in total. The van der Waals surface area contributed by atoms with Crippen molar-refractivity contribution in [1.82, 2.24) is 35.6 Å². The van der Waals surface area contributed by atoms with Crippen LogP contribution >= 0.6 is 12.2 Å². The molecule has 1 unspecified atom stereocenters. The molecule has 1 heterocycles. The summed E-state index contributed by atoms with van der Waals surface area (Å²) >= 11 is 5.75. The Kier molecular flexibility index (Phi) is 38.3. The zero-order valence-electron chi connectivity index (χ0n) is 42.1. The van der Waals surface area contributed by atoms with Gasteiger partial charge in [-0.1, -0.05) is 69.6 Å². The number of urea groups is 1. The number of nitrogens with one attached hydrogen (secondary N) is 3. The molecule has 3 atom stereocenters. The summed E-state index contributed by atoms with van der Waals surface area (Å²) in [6, 6.07) is 5.99. The summed E-state index contributed by atoms with van der Waals surface area (Å²) < 4.78 is 0. The third kappa shape index (κ3) is 33.9. The van der Waals surface area contributed by atoms with E-state index in [0.29, 0.717) is 52.0 Å². The number of nitrogens with zero attached hydrogens (tertiary/aromatic N) is 4. The second-order valence-electron chi connectivity index (χ2n) is 17.8. The molecule has 1 aliphatic rings. The van der Waals surface area contributed by atoms with Gasteiger partial charge >= 0.3 is 42.0 Å². The van der Waals surface area contributed by atoms with Gasteiger partial charge in [-0.2, -0.15) is 9.59 Å². The van der Waals surface area contributed by atoms with Crippen molar-refractivity contribution in [2.45, 2.75) is 122 Å². The average molecular weight is 1210 g/mol. The van der Waals surface area contributed by atoms with Crippen molar-refractivity contribution in [2.75, 3.05) is 85.1 Å². The fraction of sp³-hybridized carbons (Fsp3) is 0.673. The first kappa shape index (κ1) is 68.5. The van der Waals surface area contributed by atoms with Crippen LogP contribution in [0.15, 0.2) is 24.3 Å². The van der Waals surface area contributed by atoms with Gasteiger partial charge in [-0.25, -0.2) is 9.59 Å². The Labute approximate surface area is 462 Å². The molecule has 2 rings (SSSR count). The first-order valence-corrected chi connectivity index (χ1v) is 25.1. The van der Waals surface area contributed by atoms with Crippen LogP contribution in [0, 0.1) is 42.8 Å². The van der Waals surface area contributed by atoms with Gasteiger partial charge < -0.3 is 51.3 Å². The molecule has 3 amide bonds. The number of likely N-dealkylation sites (N-methyl/N-ethyl adjacent to an activating group) is 2. The van der Waals surface area contributed by atoms with Crippen LogP contribution in [0.4, 0.5) is 4.79 Å². The Balaban J connectivity index is 0.0000126. The number of carbonyl (C=O) groups is 8. The van der Waals surface area contributed by atoms with Crippen LogP contribution in [0.25, 0.3) is 0 Å². The number of carboxylic acid groups (broad SMARTS) is 5. The summed E-state index contributed by atoms with van der Waals surface area (Å²) in [6.45, 7) is 10.6. The number of Topliss-reactive ketones (excluding diaryl/α,β-unsaturated/α-hetero) is 1. The fourth-order valence-corrected chi connectivity index (χ4v) is 8.51. The van der Waals surface area contributed by atoms with Crippen LogP contribution in [0.5, 0.6) is 0 Å². The Hall–Kier alpha value is -4.48. The van der Waals surface area contributed by atoms with E-state index in [1.54, 1.807) is 0 Å². The first-order chi connectivity index (χ1) is 34.3. The number of carbonyl (C=O) groups excluding carboxylic acids is 5. The van der Waals surface area contributed by atoms with E-state index in [1.165, 1.54) is 0 Å². The monoisotopic (exact) mass is 1210 g/mol. The van der Waals surface area contributed by atoms with Gasteiger partial charge in [-0.15, -0.1) is 0 Å². The molecule has 1 saturated heterocycles. The van der Waals surface area contributed by atoms with Crippen molar-refractivity contribution in [3.05, 3.63) is 35.4 Å². The second-order valence-corrected chi connectivity index (χ2v) is 18.4. The molecule has 1 fully saturated rings. The van der Waals surface area contributed by atoms with E-state index < -0.39 is 59.5 Å². The number of benzene rings is 1. The van der Waals surface area contributed by atoms with Gasteiger partial charge in [0, 0.05) is 140 Å². The van der Waals surface area contributed by atoms with Gasteiger partial charge in [-0.05, 0) is 74.0 Å². The third-order valence-electron chi connectivity index (χ3n) is 12.3. The van der Waals surface area contributed by atoms with Crippen LogP contribution in [0.1, 0.15) is 108 Å². The SMILES string of the molecule is CCN1CCN(CC(=O)O)CCN(CC(=O)O)C(Cc2ccc(CC(=S)CCCCCCCNC(=O)[C@H](CCC(=O)O)CC(=O)CC[C@H](NC(=O)NCCCC(=O)O)C(=O)O)cc2)CN(CC)CC1.O=C=O.[Lu]. The second kappa shape index (κ2) is 40.9. The number of hydrogen-bond acceptors (Lipinski definition) is 15. The predicted molar refractivity (Wildman–Crippen MR) is 268 cm³/mol. The van der Waals surface area contributed by atoms with Gasteiger partial charge in [0.15, 0.2) is 0 Å². The summed E-state index contributed by atoms with van der Waals surface area (Å²) in [5.41, 5.74) is 2.18. The molecule has 1 radical (unpaired) electrons. The zero-order valence-corrected chi connectivity index (χ0v) is 44.6. The number of rotatable bonds is 33. The fourth-order valence-electron chi connectivity index (χ4n) is 8.20. The van der Waals surface area contributed by atoms with Crippen molar-refractivity contribution in [3.63, 3.8) is 0 Å². The third-order valence-corrected chi connectivity index (χ3v) is 12.6. The van der Waals surface area contributed by atoms with Gasteiger partial charge in [0.2, 0.25) is 5.91 Å². The van der Waals surface area contributed by atoms with E-state index in [2.05, 4.69) is 63.9 Å². The molecule has 73 heavy (non-hydrogen) atoms. The maximum absolute atomic E-state index is 13.0. The molecule has 1 aromatic carbocycles. The van der Waals surface area contributed by atoms with Crippen molar-refractivity contribution in [1.29, 1.82) is 0 Å². The molecule has 419 valence electrons. The van der Waals surface area contributed by atoms with E-state index in [4.69, 9.17) is 26.9 Å². The van der Waals surface area contributed by atoms with Crippen molar-refractivity contribution < 1.29 is 110 Å². The Bertz CT molecular complexity index is 1910. The molecule has 24 heteroatoms. The summed E-state index contributed by atoms with van der Waals surface area (Å²) in [5, 5.41) is 54.3. The molecule has 0 aromatic heterocycles. The topological polar surface area (TPSA) is 321 Å². The first-order valence-electron chi connectivity index (χ1n) is 24.7. The number of unbranched alkanes of at least 4 members (excludes halogenated alkanes) is 4. The summed E-state index contributed by atoms with van der Waals surface area (Å²) in [6.07, 6.45) is 5.39. The summed E-state index contributed by atoms with van der Waals surface area (Å²) in [7, 11) is 0. The van der Waals surface area contributed by atoms with Crippen molar-refractivity contribution in [2.24, 2.45) is 5.92 Å². The Morgan fingerprint density at radius 1 is 0.644 bits per heavy atom. The quantitative estimate of drug-likeness (QED) is 0.0370. The number of carboxylic acids is 5. The van der Waals surface area contributed by atoms with Gasteiger partial charge in [-0.3, -0.25) is 38.6 Å². The van der Waals surface area contributed by atoms with E-state index >= 15 is 0 Å². The molecule has 1 aromatic rings. The standard InChI is InChI=1S/C48H77N7O13S.CO2.Lu/c1-3-52-23-25-53(4-2)32-38(55(34-45(63)64)28-27-54(26-24-52)33-44(61)62)29-35-13-15-36(16-14-35)30-40(69)11-8-6-5-7-9-21-49-46(65)37(17-20-43(59)60)31-39(56)18-19-41(47(66)67)51-48(68)50-22-10-12-42(57)58;2-1-3;/h13-16,37-38,41H,3-12,17-34H2,1-2H3,(H,49,65)(H,57,58)(H,59,60)(H,61,62)(H,63,64)(H,66,67)(H2,50,51,68);;/t37-,38?,41+;;/m1../s1. The van der Waals surface area contributed by atoms with Crippen LogP contribution in [0.2, 0.25) is 0 Å². The smallest absolute Gasteiger partial charge is 0.373 e. The van der Waals surface area contributed by atoms with E-state index in [0.717, 1.165) is 80.8 Å². The van der Waals surface area contributed by atoms with E-state index in [9.17, 15) is 58.8 Å². The minimum absolute atomic E-state index is 0. The molecular formula is C49H77LuN7O15S. The number of amides is 3. The number of ketones is 1. The minimum atomic E-state index is -1.41. The van der Waals surface area contributed by atoms with Crippen LogP contribution < -0.4 is 16.0 Å². The Morgan fingerprint density at radius 2 is 1.19 bits per heavy atom. The number of hydrogen-bond donors (Lipinski definition) is 8. The molecule has 0 bridgehead atoms. The van der Waals surface area contributed by atoms with Gasteiger partial charge in [0.25, 0.3) is 0 Å². The van der Waals surface area contributed by atoms with Crippen LogP contribution in [-0.4, -0.2) is 201 Å². The number of aliphatic carboxylic acids is 5. The van der Waals surface area contributed by atoms with E-state index in [1.807, 2.05) is 9.80 Å². The predicted octanol–water partition coefficient (Wildman–Crippen LogP) is 2.65.